The number of aromatic nitrogens is 4. The molecule has 0 atom stereocenters. The van der Waals surface area contributed by atoms with Crippen molar-refractivity contribution in [3.63, 3.8) is 0 Å². The summed E-state index contributed by atoms with van der Waals surface area (Å²) in [5.41, 5.74) is 3.43. The van der Waals surface area contributed by atoms with Gasteiger partial charge in [-0.05, 0) is 24.3 Å². The number of amides is 1. The first-order valence-electron chi connectivity index (χ1n) is 7.48. The van der Waals surface area contributed by atoms with Gasteiger partial charge < -0.3 is 5.32 Å². The quantitative estimate of drug-likeness (QED) is 0.549. The summed E-state index contributed by atoms with van der Waals surface area (Å²) in [7, 11) is 0. The zero-order valence-electron chi connectivity index (χ0n) is 12.9. The summed E-state index contributed by atoms with van der Waals surface area (Å²) in [5.74, 6) is -0.188. The van der Waals surface area contributed by atoms with E-state index < -0.39 is 0 Å². The fourth-order valence-electron chi connectivity index (χ4n) is 2.41. The second kappa shape index (κ2) is 6.73. The van der Waals surface area contributed by atoms with Crippen LogP contribution in [0.5, 0.6) is 0 Å². The Morgan fingerprint density at radius 3 is 2.80 bits per heavy atom. The summed E-state index contributed by atoms with van der Waals surface area (Å²) in [5, 5.41) is 13.4. The Hall–Kier alpha value is -2.58. The summed E-state index contributed by atoms with van der Waals surface area (Å²) in [6, 6.07) is 15.4. The van der Waals surface area contributed by atoms with E-state index in [-0.39, 0.29) is 12.5 Å². The third-order valence-corrected chi connectivity index (χ3v) is 4.89. The highest BCUT2D eigenvalue weighted by molar-refractivity contribution is 9.10. The van der Waals surface area contributed by atoms with Gasteiger partial charge in [0.05, 0.1) is 11.2 Å². The average molecular weight is 414 g/mol. The molecule has 0 fully saturated rings. The van der Waals surface area contributed by atoms with E-state index in [1.807, 2.05) is 53.9 Å². The first-order valence-corrected chi connectivity index (χ1v) is 9.16. The molecule has 2 aromatic heterocycles. The Labute approximate surface area is 155 Å². The summed E-state index contributed by atoms with van der Waals surface area (Å²) in [6.07, 6.45) is 0. The van der Waals surface area contributed by atoms with Crippen molar-refractivity contribution in [2.75, 3.05) is 5.32 Å². The van der Waals surface area contributed by atoms with E-state index in [2.05, 4.69) is 36.5 Å². The number of nitrogens with one attached hydrogen (secondary N) is 1. The number of hydrogen-bond acceptors (Lipinski definition) is 5. The van der Waals surface area contributed by atoms with Gasteiger partial charge in [0.1, 0.15) is 12.1 Å². The normalized spacial score (nSPS) is 10.9. The number of carbonyl (C=O) groups excluding carboxylic acids is 1. The van der Waals surface area contributed by atoms with Crippen molar-refractivity contribution in [3.8, 4) is 11.3 Å². The maximum absolute atomic E-state index is 12.3. The SMILES string of the molecule is O=C(Cn1nnc2ccccc21)Nc1nc(-c2ccc(Br)cc2)cs1. The van der Waals surface area contributed by atoms with Crippen LogP contribution in [0.2, 0.25) is 0 Å². The smallest absolute Gasteiger partial charge is 0.247 e. The van der Waals surface area contributed by atoms with E-state index in [0.29, 0.717) is 5.13 Å². The number of fused-ring (bicyclic) bond motifs is 1. The highest BCUT2D eigenvalue weighted by atomic mass is 79.9. The molecule has 0 bridgehead atoms. The van der Waals surface area contributed by atoms with Crippen molar-refractivity contribution < 1.29 is 4.79 Å². The van der Waals surface area contributed by atoms with Crippen LogP contribution in [-0.2, 0) is 11.3 Å². The largest absolute Gasteiger partial charge is 0.300 e. The fourth-order valence-corrected chi connectivity index (χ4v) is 3.41. The number of nitrogens with zero attached hydrogens (tertiary/aromatic N) is 4. The molecule has 0 spiro atoms. The Bertz CT molecular complexity index is 1040. The third-order valence-electron chi connectivity index (χ3n) is 3.60. The van der Waals surface area contributed by atoms with Crippen molar-refractivity contribution in [2.45, 2.75) is 6.54 Å². The highest BCUT2D eigenvalue weighted by Gasteiger charge is 2.11. The summed E-state index contributed by atoms with van der Waals surface area (Å²) >= 11 is 4.81. The van der Waals surface area contributed by atoms with Gasteiger partial charge in [-0.2, -0.15) is 0 Å². The number of carbonyl (C=O) groups is 1. The third kappa shape index (κ3) is 3.45. The first-order chi connectivity index (χ1) is 12.2. The van der Waals surface area contributed by atoms with Crippen LogP contribution in [0.4, 0.5) is 5.13 Å². The molecule has 0 aliphatic rings. The van der Waals surface area contributed by atoms with Crippen molar-refractivity contribution in [2.24, 2.45) is 0 Å². The van der Waals surface area contributed by atoms with E-state index in [1.165, 1.54) is 11.3 Å². The lowest BCUT2D eigenvalue weighted by Crippen LogP contribution is -2.19. The monoisotopic (exact) mass is 413 g/mol. The molecule has 0 saturated heterocycles. The number of rotatable bonds is 4. The number of hydrogen-bond donors (Lipinski definition) is 1. The molecule has 2 aromatic carbocycles. The second-order valence-electron chi connectivity index (χ2n) is 5.33. The maximum atomic E-state index is 12.3. The predicted octanol–water partition coefficient (Wildman–Crippen LogP) is 3.96. The zero-order valence-corrected chi connectivity index (χ0v) is 15.3. The van der Waals surface area contributed by atoms with Crippen molar-refractivity contribution in [1.82, 2.24) is 20.0 Å². The number of anilines is 1. The molecule has 1 amide bonds. The lowest BCUT2D eigenvalue weighted by Gasteiger charge is -2.02. The van der Waals surface area contributed by atoms with E-state index >= 15 is 0 Å². The second-order valence-corrected chi connectivity index (χ2v) is 7.10. The Kier molecular flexibility index (Phi) is 4.29. The van der Waals surface area contributed by atoms with E-state index in [9.17, 15) is 4.79 Å². The number of thiazole rings is 1. The van der Waals surface area contributed by atoms with Gasteiger partial charge in [-0.1, -0.05) is 45.4 Å². The molecular formula is C17H12BrN5OS. The van der Waals surface area contributed by atoms with Crippen LogP contribution in [0.15, 0.2) is 58.4 Å². The van der Waals surface area contributed by atoms with Gasteiger partial charge in [0.2, 0.25) is 5.91 Å². The van der Waals surface area contributed by atoms with E-state index in [4.69, 9.17) is 0 Å². The average Bonchev–Trinajstić information content (AvgIpc) is 3.23. The lowest BCUT2D eigenvalue weighted by atomic mass is 10.2. The maximum Gasteiger partial charge on any atom is 0.247 e. The molecule has 1 N–H and O–H groups in total. The number of para-hydroxylation sites is 1. The molecule has 8 heteroatoms. The minimum Gasteiger partial charge on any atom is -0.300 e. The van der Waals surface area contributed by atoms with Gasteiger partial charge in [-0.15, -0.1) is 16.4 Å². The minimum atomic E-state index is -0.188. The fraction of sp³-hybridized carbons (Fsp3) is 0.0588. The van der Waals surface area contributed by atoms with Crippen molar-refractivity contribution in [3.05, 3.63) is 58.4 Å². The lowest BCUT2D eigenvalue weighted by molar-refractivity contribution is -0.116. The van der Waals surface area contributed by atoms with Gasteiger partial charge in [0, 0.05) is 15.4 Å². The highest BCUT2D eigenvalue weighted by Crippen LogP contribution is 2.26. The van der Waals surface area contributed by atoms with Gasteiger partial charge in [-0.3, -0.25) is 4.79 Å². The standard InChI is InChI=1S/C17H12BrN5OS/c18-12-7-5-11(6-8-12)14-10-25-17(19-14)20-16(24)9-23-15-4-2-1-3-13(15)21-22-23/h1-8,10H,9H2,(H,19,20,24). The molecule has 0 unspecified atom stereocenters. The van der Waals surface area contributed by atoms with Crippen LogP contribution in [0.25, 0.3) is 22.3 Å². The minimum absolute atomic E-state index is 0.0910. The summed E-state index contributed by atoms with van der Waals surface area (Å²) in [6.45, 7) is 0.0910. The molecule has 4 rings (SSSR count). The van der Waals surface area contributed by atoms with Gasteiger partial charge in [0.15, 0.2) is 5.13 Å². The molecule has 0 aliphatic carbocycles. The Balaban J connectivity index is 1.47. The Morgan fingerprint density at radius 1 is 1.16 bits per heavy atom. The van der Waals surface area contributed by atoms with Crippen molar-refractivity contribution >= 4 is 49.3 Å². The Morgan fingerprint density at radius 2 is 1.96 bits per heavy atom. The summed E-state index contributed by atoms with van der Waals surface area (Å²) in [4.78, 5) is 16.7. The van der Waals surface area contributed by atoms with Crippen LogP contribution in [-0.4, -0.2) is 25.9 Å². The molecule has 0 radical (unpaired) electrons. The van der Waals surface area contributed by atoms with Crippen LogP contribution >= 0.6 is 27.3 Å². The van der Waals surface area contributed by atoms with E-state index in [1.54, 1.807) is 4.68 Å². The molecule has 4 aromatic rings. The first kappa shape index (κ1) is 15.9. The molecule has 0 saturated carbocycles. The molecule has 124 valence electrons. The summed E-state index contributed by atoms with van der Waals surface area (Å²) < 4.78 is 2.59. The molecule has 0 aliphatic heterocycles. The molecule has 25 heavy (non-hydrogen) atoms. The number of halogens is 1. The topological polar surface area (TPSA) is 72.7 Å². The van der Waals surface area contributed by atoms with Gasteiger partial charge in [-0.25, -0.2) is 9.67 Å². The molecular weight excluding hydrogens is 402 g/mol. The van der Waals surface area contributed by atoms with E-state index in [0.717, 1.165) is 26.8 Å². The predicted molar refractivity (Wildman–Crippen MR) is 101 cm³/mol. The number of benzene rings is 2. The van der Waals surface area contributed by atoms with Gasteiger partial charge in [0.25, 0.3) is 0 Å². The van der Waals surface area contributed by atoms with Crippen LogP contribution in [0, 0.1) is 0 Å². The van der Waals surface area contributed by atoms with Crippen molar-refractivity contribution in [1.29, 1.82) is 0 Å². The van der Waals surface area contributed by atoms with Crippen LogP contribution in [0.3, 0.4) is 0 Å². The molecule has 6 nitrogen and oxygen atoms in total. The van der Waals surface area contributed by atoms with Gasteiger partial charge >= 0.3 is 0 Å². The van der Waals surface area contributed by atoms with Crippen LogP contribution < -0.4 is 5.32 Å². The molecule has 2 heterocycles. The van der Waals surface area contributed by atoms with Crippen LogP contribution in [0.1, 0.15) is 0 Å². The zero-order chi connectivity index (χ0) is 17.2.